The number of fused-ring (bicyclic) bond motifs is 1. The second-order valence-corrected chi connectivity index (χ2v) is 10.7. The largest absolute Gasteiger partial charge is 0.487 e. The van der Waals surface area contributed by atoms with Crippen molar-refractivity contribution in [2.75, 3.05) is 11.1 Å². The number of nitrogen functional groups attached to an aromatic ring is 1. The van der Waals surface area contributed by atoms with Crippen molar-refractivity contribution in [3.63, 3.8) is 0 Å². The molecule has 1 unspecified atom stereocenters. The highest BCUT2D eigenvalue weighted by atomic mass is 35.5. The Morgan fingerprint density at radius 1 is 1.02 bits per heavy atom. The quantitative estimate of drug-likeness (QED) is 0.141. The van der Waals surface area contributed by atoms with Crippen LogP contribution in [-0.2, 0) is 6.61 Å². The number of nitrogens with two attached hydrogens (primary N) is 1. The molecule has 0 bridgehead atoms. The maximum atomic E-state index is 14.3. The molecule has 0 spiro atoms. The maximum absolute atomic E-state index is 14.3. The summed E-state index contributed by atoms with van der Waals surface area (Å²) in [5.74, 6) is 0.553. The van der Waals surface area contributed by atoms with Crippen LogP contribution in [0.2, 0.25) is 5.02 Å². The molecule has 1 atom stereocenters. The number of hydrogen-bond acceptors (Lipinski definition) is 8. The number of nitrogens with one attached hydrogen (secondary N) is 2. The third kappa shape index (κ3) is 6.11. The Balaban J connectivity index is 1.34. The van der Waals surface area contributed by atoms with Gasteiger partial charge >= 0.3 is 0 Å². The number of benzene rings is 4. The van der Waals surface area contributed by atoms with Crippen molar-refractivity contribution in [3.05, 3.63) is 147 Å². The number of para-hydroxylation sites is 1. The van der Waals surface area contributed by atoms with Gasteiger partial charge in [0.1, 0.15) is 47.5 Å². The summed E-state index contributed by atoms with van der Waals surface area (Å²) in [7, 11) is 0. The fourth-order valence-corrected chi connectivity index (χ4v) is 5.30. The van der Waals surface area contributed by atoms with E-state index in [2.05, 4.69) is 15.3 Å². The summed E-state index contributed by atoms with van der Waals surface area (Å²) in [6.07, 6.45) is 1.28. The van der Waals surface area contributed by atoms with Gasteiger partial charge in [0, 0.05) is 5.56 Å². The highest BCUT2D eigenvalue weighted by Crippen LogP contribution is 2.33. The molecule has 8 nitrogen and oxygen atoms in total. The van der Waals surface area contributed by atoms with E-state index in [1.54, 1.807) is 55.5 Å². The highest BCUT2D eigenvalue weighted by Gasteiger charge is 2.24. The molecule has 0 aliphatic rings. The van der Waals surface area contributed by atoms with E-state index < -0.39 is 11.9 Å². The van der Waals surface area contributed by atoms with Crippen LogP contribution in [0.15, 0.2) is 113 Å². The molecule has 0 radical (unpaired) electrons. The number of anilines is 2. The van der Waals surface area contributed by atoms with Crippen LogP contribution in [0.3, 0.4) is 0 Å². The van der Waals surface area contributed by atoms with Crippen molar-refractivity contribution in [2.24, 2.45) is 0 Å². The van der Waals surface area contributed by atoms with Gasteiger partial charge < -0.3 is 20.2 Å². The summed E-state index contributed by atoms with van der Waals surface area (Å²) in [4.78, 5) is 22.2. The monoisotopic (exact) mass is 619 g/mol. The van der Waals surface area contributed by atoms with Gasteiger partial charge in [-0.15, -0.1) is 0 Å². The molecule has 6 rings (SSSR count). The van der Waals surface area contributed by atoms with Crippen LogP contribution in [0, 0.1) is 11.2 Å². The normalized spacial score (nSPS) is 11.7. The molecule has 0 amide bonds. The van der Waals surface area contributed by atoms with Gasteiger partial charge in [0.2, 0.25) is 5.43 Å². The van der Waals surface area contributed by atoms with Crippen molar-refractivity contribution < 1.29 is 13.5 Å². The van der Waals surface area contributed by atoms with Crippen LogP contribution < -0.4 is 21.2 Å². The zero-order valence-electron chi connectivity index (χ0n) is 24.1. The first-order chi connectivity index (χ1) is 21.8. The number of rotatable bonds is 9. The third-order valence-corrected chi connectivity index (χ3v) is 7.56. The van der Waals surface area contributed by atoms with E-state index in [1.807, 2.05) is 30.3 Å². The van der Waals surface area contributed by atoms with Crippen LogP contribution in [0.25, 0.3) is 22.1 Å². The molecular formula is C35H27ClFN5O3. The SMILES string of the molecule is CC(Nc1ncnc(N)c1C(=N)c1ccc(OCc2ccccc2)c(Cl)c1)c1oc2ccccc2c(=O)c1-c1cccc(F)c1. The summed E-state index contributed by atoms with van der Waals surface area (Å²) in [5.41, 5.74) is 8.65. The summed E-state index contributed by atoms with van der Waals surface area (Å²) in [5, 5.41) is 13.0. The standard InChI is InChI=1S/C35H27ClFN5O3/c1-20(33-29(22-10-7-11-24(37)16-22)32(43)25-12-5-6-13-27(25)45-33)42-35-30(34(39)40-19-41-35)31(38)23-14-15-28(26(36)17-23)44-18-21-8-3-2-4-9-21/h2-17,19-20,38H,18H2,1H3,(H3,39,40,41,42). The van der Waals surface area contributed by atoms with E-state index in [1.165, 1.54) is 24.5 Å². The molecule has 6 aromatic rings. The molecular weight excluding hydrogens is 593 g/mol. The minimum absolute atomic E-state index is 0.0182. The van der Waals surface area contributed by atoms with Crippen LogP contribution in [0.5, 0.6) is 5.75 Å². The zero-order chi connectivity index (χ0) is 31.5. The molecule has 2 heterocycles. The lowest BCUT2D eigenvalue weighted by atomic mass is 9.98. The smallest absolute Gasteiger partial charge is 0.200 e. The number of ether oxygens (including phenoxy) is 1. The summed E-state index contributed by atoms with van der Waals surface area (Å²) < 4.78 is 26.4. The van der Waals surface area contributed by atoms with E-state index in [9.17, 15) is 9.18 Å². The van der Waals surface area contributed by atoms with Gasteiger partial charge in [-0.1, -0.05) is 66.2 Å². The van der Waals surface area contributed by atoms with Gasteiger partial charge in [0.15, 0.2) is 0 Å². The van der Waals surface area contributed by atoms with Crippen LogP contribution >= 0.6 is 11.6 Å². The Morgan fingerprint density at radius 3 is 2.58 bits per heavy atom. The van der Waals surface area contributed by atoms with E-state index in [4.69, 9.17) is 31.9 Å². The third-order valence-electron chi connectivity index (χ3n) is 7.27. The first-order valence-corrected chi connectivity index (χ1v) is 14.4. The number of aromatic nitrogens is 2. The van der Waals surface area contributed by atoms with Crippen molar-refractivity contribution in [1.29, 1.82) is 5.41 Å². The Kier molecular flexibility index (Phi) is 8.26. The van der Waals surface area contributed by atoms with Crippen LogP contribution in [-0.4, -0.2) is 15.7 Å². The topological polar surface area (TPSA) is 127 Å². The van der Waals surface area contributed by atoms with E-state index in [0.29, 0.717) is 39.5 Å². The molecule has 45 heavy (non-hydrogen) atoms. The van der Waals surface area contributed by atoms with Gasteiger partial charge in [0.05, 0.1) is 33.3 Å². The molecule has 0 fully saturated rings. The Bertz CT molecular complexity index is 2100. The predicted molar refractivity (Wildman–Crippen MR) is 175 cm³/mol. The minimum atomic E-state index is -0.668. The Labute approximate surface area is 262 Å². The lowest BCUT2D eigenvalue weighted by Crippen LogP contribution is -2.18. The number of hydrogen-bond donors (Lipinski definition) is 3. The Hall–Kier alpha value is -5.54. The van der Waals surface area contributed by atoms with E-state index in [0.717, 1.165) is 5.56 Å². The highest BCUT2D eigenvalue weighted by molar-refractivity contribution is 6.32. The maximum Gasteiger partial charge on any atom is 0.200 e. The van der Waals surface area contributed by atoms with Crippen molar-refractivity contribution in [1.82, 2.24) is 9.97 Å². The zero-order valence-corrected chi connectivity index (χ0v) is 24.8. The van der Waals surface area contributed by atoms with Crippen LogP contribution in [0.4, 0.5) is 16.0 Å². The van der Waals surface area contributed by atoms with Gasteiger partial charge in [-0.3, -0.25) is 10.2 Å². The van der Waals surface area contributed by atoms with E-state index >= 15 is 0 Å². The van der Waals surface area contributed by atoms with Gasteiger partial charge in [-0.2, -0.15) is 0 Å². The number of halogens is 2. The Morgan fingerprint density at radius 2 is 1.80 bits per heavy atom. The second-order valence-electron chi connectivity index (χ2n) is 10.3. The first kappa shape index (κ1) is 29.5. The predicted octanol–water partition coefficient (Wildman–Crippen LogP) is 7.79. The molecule has 0 saturated heterocycles. The molecule has 0 aliphatic heterocycles. The van der Waals surface area contributed by atoms with Gasteiger partial charge in [-0.05, 0) is 60.5 Å². The van der Waals surface area contributed by atoms with Crippen molar-refractivity contribution in [2.45, 2.75) is 19.6 Å². The molecule has 224 valence electrons. The lowest BCUT2D eigenvalue weighted by molar-refractivity contribution is 0.306. The summed E-state index contributed by atoms with van der Waals surface area (Å²) in [6, 6.07) is 26.7. The fraction of sp³-hybridized carbons (Fsp3) is 0.0857. The molecule has 4 aromatic carbocycles. The molecule has 2 aromatic heterocycles. The average molecular weight is 620 g/mol. The fourth-order valence-electron chi connectivity index (χ4n) is 5.06. The molecule has 0 saturated carbocycles. The molecule has 4 N–H and O–H groups in total. The molecule has 0 aliphatic carbocycles. The van der Waals surface area contributed by atoms with Crippen molar-refractivity contribution >= 4 is 39.9 Å². The van der Waals surface area contributed by atoms with Crippen molar-refractivity contribution in [3.8, 4) is 16.9 Å². The number of nitrogens with zero attached hydrogens (tertiary/aromatic N) is 2. The lowest BCUT2D eigenvalue weighted by Gasteiger charge is -2.20. The first-order valence-electron chi connectivity index (χ1n) is 14.0. The summed E-state index contributed by atoms with van der Waals surface area (Å²) >= 11 is 6.55. The van der Waals surface area contributed by atoms with Crippen LogP contribution in [0.1, 0.15) is 35.4 Å². The minimum Gasteiger partial charge on any atom is -0.487 e. The molecule has 10 heteroatoms. The second kappa shape index (κ2) is 12.6. The van der Waals surface area contributed by atoms with Gasteiger partial charge in [0.25, 0.3) is 0 Å². The van der Waals surface area contributed by atoms with Gasteiger partial charge in [-0.25, -0.2) is 14.4 Å². The van der Waals surface area contributed by atoms with E-state index in [-0.39, 0.29) is 39.7 Å². The summed E-state index contributed by atoms with van der Waals surface area (Å²) in [6.45, 7) is 2.11. The average Bonchev–Trinajstić information content (AvgIpc) is 3.04.